The van der Waals surface area contributed by atoms with Gasteiger partial charge in [0, 0.05) is 25.7 Å². The van der Waals surface area contributed by atoms with Gasteiger partial charge in [0.05, 0.1) is 19.8 Å². The van der Waals surface area contributed by atoms with E-state index in [4.69, 9.17) is 4.74 Å². The van der Waals surface area contributed by atoms with E-state index < -0.39 is 12.2 Å². The van der Waals surface area contributed by atoms with Crippen LogP contribution in [0.4, 0.5) is 9.18 Å². The molecule has 2 aliphatic rings. The van der Waals surface area contributed by atoms with Crippen LogP contribution in [-0.4, -0.2) is 62.4 Å². The minimum Gasteiger partial charge on any atom is -0.453 e. The number of methoxy groups -OCH3 is 1. The van der Waals surface area contributed by atoms with E-state index in [9.17, 15) is 14.0 Å². The van der Waals surface area contributed by atoms with E-state index >= 15 is 0 Å². The maximum absolute atomic E-state index is 14.3. The Morgan fingerprint density at radius 1 is 1.38 bits per heavy atom. The Morgan fingerprint density at radius 2 is 2.17 bits per heavy atom. The molecule has 0 unspecified atom stereocenters. The lowest BCUT2D eigenvalue weighted by molar-refractivity contribution is -0.148. The van der Waals surface area contributed by atoms with Crippen molar-refractivity contribution in [3.05, 3.63) is 35.1 Å². The molecular formula is C21H30FN3O4. The summed E-state index contributed by atoms with van der Waals surface area (Å²) in [5.74, 6) is -0.343. The topological polar surface area (TPSA) is 79.9 Å². The third-order valence-electron chi connectivity index (χ3n) is 5.37. The Bertz CT molecular complexity index is 720. The van der Waals surface area contributed by atoms with Crippen molar-refractivity contribution in [1.82, 2.24) is 15.5 Å². The van der Waals surface area contributed by atoms with Crippen LogP contribution in [0, 0.1) is 5.82 Å². The zero-order valence-electron chi connectivity index (χ0n) is 17.1. The zero-order valence-corrected chi connectivity index (χ0v) is 17.1. The molecule has 7 nitrogen and oxygen atoms in total. The molecule has 2 amide bonds. The van der Waals surface area contributed by atoms with Crippen molar-refractivity contribution in [2.75, 3.05) is 33.4 Å². The van der Waals surface area contributed by atoms with Gasteiger partial charge in [0.15, 0.2) is 0 Å². The van der Waals surface area contributed by atoms with Gasteiger partial charge in [-0.05, 0) is 55.9 Å². The summed E-state index contributed by atoms with van der Waals surface area (Å²) in [6, 6.07) is 4.92. The fraction of sp³-hybridized carbons (Fsp3) is 0.619. The number of nitrogens with zero attached hydrogens (tertiary/aromatic N) is 1. The number of carbonyl (C=O) groups excluding carboxylic acids is 2. The first-order valence-electron chi connectivity index (χ1n) is 10.2. The Balaban J connectivity index is 1.67. The Hall–Kier alpha value is -2.19. The fourth-order valence-electron chi connectivity index (χ4n) is 3.71. The van der Waals surface area contributed by atoms with E-state index in [2.05, 4.69) is 15.4 Å². The monoisotopic (exact) mass is 407 g/mol. The van der Waals surface area contributed by atoms with Gasteiger partial charge in [0.25, 0.3) is 5.91 Å². The second kappa shape index (κ2) is 10.0. The molecule has 29 heavy (non-hydrogen) atoms. The summed E-state index contributed by atoms with van der Waals surface area (Å²) in [7, 11) is 1.32. The first kappa shape index (κ1) is 21.5. The van der Waals surface area contributed by atoms with E-state index in [-0.39, 0.29) is 23.8 Å². The predicted octanol–water partition coefficient (Wildman–Crippen LogP) is 2.15. The number of ether oxygens (including phenoxy) is 2. The molecule has 1 aliphatic carbocycles. The molecule has 1 saturated heterocycles. The Kier molecular flexibility index (Phi) is 7.44. The van der Waals surface area contributed by atoms with Crippen LogP contribution in [0.25, 0.3) is 0 Å². The maximum atomic E-state index is 14.3. The number of amides is 2. The molecule has 160 valence electrons. The molecule has 0 bridgehead atoms. The Labute approximate surface area is 170 Å². The van der Waals surface area contributed by atoms with Gasteiger partial charge in [0.1, 0.15) is 11.9 Å². The third-order valence-corrected chi connectivity index (χ3v) is 5.37. The van der Waals surface area contributed by atoms with Gasteiger partial charge in [-0.15, -0.1) is 0 Å². The number of hydrogen-bond acceptors (Lipinski definition) is 5. The highest BCUT2D eigenvalue weighted by atomic mass is 19.1. The van der Waals surface area contributed by atoms with Crippen molar-refractivity contribution in [2.24, 2.45) is 0 Å². The van der Waals surface area contributed by atoms with Gasteiger partial charge in [-0.1, -0.05) is 6.07 Å². The number of hydrogen-bond donors (Lipinski definition) is 2. The van der Waals surface area contributed by atoms with Crippen molar-refractivity contribution >= 4 is 12.0 Å². The molecule has 2 atom stereocenters. The van der Waals surface area contributed by atoms with E-state index in [1.54, 1.807) is 0 Å². The molecule has 3 rings (SSSR count). The number of morpholine rings is 1. The SMILES string of the molecule is COC(=O)NCCCc1cc(F)cc([C@@H](C)N(C(=O)[C@H]2CNCCO2)C2CC2)c1. The number of carbonyl (C=O) groups is 2. The van der Waals surface area contributed by atoms with Crippen molar-refractivity contribution in [2.45, 2.75) is 50.8 Å². The minimum atomic E-state index is -0.482. The van der Waals surface area contributed by atoms with Crippen LogP contribution in [0.15, 0.2) is 18.2 Å². The predicted molar refractivity (Wildman–Crippen MR) is 106 cm³/mol. The highest BCUT2D eigenvalue weighted by molar-refractivity contribution is 5.82. The molecule has 1 aromatic rings. The lowest BCUT2D eigenvalue weighted by atomic mass is 10.00. The molecule has 0 aromatic heterocycles. The van der Waals surface area contributed by atoms with E-state index in [0.29, 0.717) is 32.5 Å². The van der Waals surface area contributed by atoms with Gasteiger partial charge < -0.3 is 25.0 Å². The number of alkyl carbamates (subject to hydrolysis) is 1. The normalized spacial score (nSPS) is 20.0. The maximum Gasteiger partial charge on any atom is 0.406 e. The van der Waals surface area contributed by atoms with Crippen LogP contribution < -0.4 is 10.6 Å². The van der Waals surface area contributed by atoms with E-state index in [1.165, 1.54) is 19.2 Å². The first-order valence-corrected chi connectivity index (χ1v) is 10.2. The second-order valence-electron chi connectivity index (χ2n) is 7.63. The number of halogens is 1. The summed E-state index contributed by atoms with van der Waals surface area (Å²) in [5, 5.41) is 5.82. The van der Waals surface area contributed by atoms with E-state index in [1.807, 2.05) is 17.9 Å². The summed E-state index contributed by atoms with van der Waals surface area (Å²) in [6.45, 7) is 4.18. The van der Waals surface area contributed by atoms with Crippen LogP contribution in [0.2, 0.25) is 0 Å². The molecule has 1 saturated carbocycles. The number of nitrogens with one attached hydrogen (secondary N) is 2. The molecule has 2 fully saturated rings. The van der Waals surface area contributed by atoms with Gasteiger partial charge in [-0.25, -0.2) is 9.18 Å². The number of rotatable bonds is 8. The standard InChI is InChI=1S/C21H30FN3O4/c1-14(25(18-5-6-18)20(26)19-13-23-8-9-29-19)16-10-15(11-17(22)12-16)4-3-7-24-21(27)28-2/h10-12,14,18-19,23H,3-9,13H2,1-2H3,(H,24,27)/t14-,19-/m1/s1. The van der Waals surface area contributed by atoms with Crippen LogP contribution in [0.1, 0.15) is 43.4 Å². The highest BCUT2D eigenvalue weighted by Gasteiger charge is 2.40. The highest BCUT2D eigenvalue weighted by Crippen LogP contribution is 2.35. The summed E-state index contributed by atoms with van der Waals surface area (Å²) < 4.78 is 24.5. The summed E-state index contributed by atoms with van der Waals surface area (Å²) in [4.78, 5) is 26.1. The van der Waals surface area contributed by atoms with Gasteiger partial charge in [0.2, 0.25) is 0 Å². The average Bonchev–Trinajstić information content (AvgIpc) is 3.56. The second-order valence-corrected chi connectivity index (χ2v) is 7.63. The van der Waals surface area contributed by atoms with Crippen molar-refractivity contribution in [3.63, 3.8) is 0 Å². The summed E-state index contributed by atoms with van der Waals surface area (Å²) >= 11 is 0. The zero-order chi connectivity index (χ0) is 20.8. The third kappa shape index (κ3) is 5.90. The molecule has 1 aliphatic heterocycles. The summed E-state index contributed by atoms with van der Waals surface area (Å²) in [5.41, 5.74) is 1.63. The van der Waals surface area contributed by atoms with Crippen LogP contribution in [0.3, 0.4) is 0 Å². The molecular weight excluding hydrogens is 377 g/mol. The summed E-state index contributed by atoms with van der Waals surface area (Å²) in [6.07, 6.45) is 2.27. The van der Waals surface area contributed by atoms with Crippen molar-refractivity contribution in [1.29, 1.82) is 0 Å². The average molecular weight is 407 g/mol. The minimum absolute atomic E-state index is 0.0275. The van der Waals surface area contributed by atoms with Crippen molar-refractivity contribution < 1.29 is 23.5 Å². The first-order chi connectivity index (χ1) is 14.0. The van der Waals surface area contributed by atoms with Crippen molar-refractivity contribution in [3.8, 4) is 0 Å². The van der Waals surface area contributed by atoms with Crippen LogP contribution >= 0.6 is 0 Å². The van der Waals surface area contributed by atoms with Gasteiger partial charge in [-0.3, -0.25) is 4.79 Å². The van der Waals surface area contributed by atoms with Gasteiger partial charge >= 0.3 is 6.09 Å². The molecule has 8 heteroatoms. The smallest absolute Gasteiger partial charge is 0.406 e. The van der Waals surface area contributed by atoms with Gasteiger partial charge in [-0.2, -0.15) is 0 Å². The molecule has 2 N–H and O–H groups in total. The molecule has 1 aromatic carbocycles. The van der Waals surface area contributed by atoms with E-state index in [0.717, 1.165) is 30.5 Å². The lowest BCUT2D eigenvalue weighted by Crippen LogP contribution is -2.50. The Morgan fingerprint density at radius 3 is 2.83 bits per heavy atom. The fourth-order valence-corrected chi connectivity index (χ4v) is 3.71. The molecule has 0 spiro atoms. The molecule has 0 radical (unpaired) electrons. The largest absolute Gasteiger partial charge is 0.453 e. The lowest BCUT2D eigenvalue weighted by Gasteiger charge is -2.34. The van der Waals surface area contributed by atoms with Crippen LogP contribution in [0.5, 0.6) is 0 Å². The molecule has 1 heterocycles. The van der Waals surface area contributed by atoms with Crippen LogP contribution in [-0.2, 0) is 20.7 Å². The number of benzene rings is 1. The number of aryl methyl sites for hydroxylation is 1. The quantitative estimate of drug-likeness (QED) is 0.646.